The molecular formula is C23H23N4O2+. The van der Waals surface area contributed by atoms with Crippen LogP contribution in [-0.2, 0) is 6.42 Å². The minimum absolute atomic E-state index is 0.0947. The Morgan fingerprint density at radius 3 is 2.66 bits per heavy atom. The summed E-state index contributed by atoms with van der Waals surface area (Å²) in [6.45, 7) is 4.26. The molecule has 1 aliphatic rings. The number of pyridine rings is 1. The summed E-state index contributed by atoms with van der Waals surface area (Å²) in [6.07, 6.45) is 5.65. The Labute approximate surface area is 169 Å². The Kier molecular flexibility index (Phi) is 4.80. The maximum atomic E-state index is 13.7. The number of fused-ring (bicyclic) bond motifs is 1. The van der Waals surface area contributed by atoms with Crippen molar-refractivity contribution in [3.63, 3.8) is 0 Å². The second-order valence-corrected chi connectivity index (χ2v) is 7.69. The first-order chi connectivity index (χ1) is 13.9. The van der Waals surface area contributed by atoms with Crippen LogP contribution in [0, 0.1) is 5.92 Å². The standard InChI is InChI=1S/C23H23N4O2/c1-4-16-6-5-7-17(10-16)18-11-19-21(25-12-18)22(28)15(2)13-27(3,23(19)29)20-8-9-24-14-26-20/h5-12,14-15H,4,13H2,1-3H3/q+1. The Balaban J connectivity index is 1.88. The first-order valence-electron chi connectivity index (χ1n) is 9.74. The van der Waals surface area contributed by atoms with Crippen LogP contribution in [0.15, 0.2) is 55.1 Å². The van der Waals surface area contributed by atoms with Crippen LogP contribution in [0.25, 0.3) is 11.1 Å². The quantitative estimate of drug-likeness (QED) is 0.641. The van der Waals surface area contributed by atoms with Crippen molar-refractivity contribution in [3.8, 4) is 11.1 Å². The van der Waals surface area contributed by atoms with Crippen LogP contribution in [0.4, 0.5) is 5.82 Å². The molecular weight excluding hydrogens is 364 g/mol. The predicted molar refractivity (Wildman–Crippen MR) is 111 cm³/mol. The number of aryl methyl sites for hydroxylation is 1. The topological polar surface area (TPSA) is 72.8 Å². The molecule has 0 bridgehead atoms. The average Bonchev–Trinajstić information content (AvgIpc) is 2.84. The third-order valence-corrected chi connectivity index (χ3v) is 5.63. The number of aromatic nitrogens is 3. The molecule has 0 aliphatic carbocycles. The van der Waals surface area contributed by atoms with E-state index in [1.807, 2.05) is 19.1 Å². The summed E-state index contributed by atoms with van der Waals surface area (Å²) in [7, 11) is 1.80. The van der Waals surface area contributed by atoms with Crippen molar-refractivity contribution in [3.05, 3.63) is 71.9 Å². The number of carbonyl (C=O) groups is 2. The fraction of sp³-hybridized carbons (Fsp3) is 0.261. The zero-order valence-corrected chi connectivity index (χ0v) is 16.8. The van der Waals surface area contributed by atoms with E-state index in [0.717, 1.165) is 17.5 Å². The normalized spacial score (nSPS) is 21.6. The van der Waals surface area contributed by atoms with Crippen LogP contribution >= 0.6 is 0 Å². The number of ketones is 1. The third kappa shape index (κ3) is 3.25. The first-order valence-corrected chi connectivity index (χ1v) is 9.74. The lowest BCUT2D eigenvalue weighted by Gasteiger charge is -2.29. The van der Waals surface area contributed by atoms with E-state index >= 15 is 0 Å². The van der Waals surface area contributed by atoms with Crippen molar-refractivity contribution in [2.45, 2.75) is 20.3 Å². The molecule has 2 atom stereocenters. The highest BCUT2D eigenvalue weighted by Gasteiger charge is 2.45. The van der Waals surface area contributed by atoms with Gasteiger partial charge in [0.25, 0.3) is 0 Å². The summed E-state index contributed by atoms with van der Waals surface area (Å²) in [5.74, 6) is -0.0895. The van der Waals surface area contributed by atoms with Crippen molar-refractivity contribution >= 4 is 17.5 Å². The van der Waals surface area contributed by atoms with Crippen molar-refractivity contribution in [2.24, 2.45) is 5.92 Å². The molecule has 6 nitrogen and oxygen atoms in total. The predicted octanol–water partition coefficient (Wildman–Crippen LogP) is 3.71. The third-order valence-electron chi connectivity index (χ3n) is 5.63. The molecule has 0 saturated carbocycles. The van der Waals surface area contributed by atoms with E-state index < -0.39 is 0 Å². The summed E-state index contributed by atoms with van der Waals surface area (Å²) in [5.41, 5.74) is 3.60. The molecule has 1 amide bonds. The molecule has 146 valence electrons. The zero-order valence-electron chi connectivity index (χ0n) is 16.8. The van der Waals surface area contributed by atoms with Crippen molar-refractivity contribution in [1.29, 1.82) is 0 Å². The van der Waals surface area contributed by atoms with E-state index in [-0.39, 0.29) is 27.8 Å². The average molecular weight is 387 g/mol. The number of amides is 1. The van der Waals surface area contributed by atoms with Gasteiger partial charge in [-0.2, -0.15) is 4.98 Å². The smallest absolute Gasteiger partial charge is 0.292 e. The van der Waals surface area contributed by atoms with Gasteiger partial charge in [0.05, 0.1) is 13.0 Å². The Morgan fingerprint density at radius 2 is 1.93 bits per heavy atom. The fourth-order valence-corrected chi connectivity index (χ4v) is 3.94. The molecule has 0 spiro atoms. The SMILES string of the molecule is CCc1cccc(-c2cnc3c(c2)C(=O)[N+](C)(c2ccncn2)CC(C)C3=O)c1. The Morgan fingerprint density at radius 1 is 1.10 bits per heavy atom. The van der Waals surface area contributed by atoms with E-state index in [2.05, 4.69) is 34.0 Å². The van der Waals surface area contributed by atoms with Crippen molar-refractivity contribution in [1.82, 2.24) is 19.4 Å². The monoisotopic (exact) mass is 387 g/mol. The van der Waals surface area contributed by atoms with Gasteiger partial charge in [-0.1, -0.05) is 31.2 Å². The molecule has 2 aromatic heterocycles. The number of benzene rings is 1. The summed E-state index contributed by atoms with van der Waals surface area (Å²) >= 11 is 0. The number of hydrogen-bond acceptors (Lipinski definition) is 5. The fourth-order valence-electron chi connectivity index (χ4n) is 3.94. The van der Waals surface area contributed by atoms with E-state index in [1.54, 1.807) is 31.6 Å². The van der Waals surface area contributed by atoms with Crippen LogP contribution in [0.1, 0.15) is 40.3 Å². The van der Waals surface area contributed by atoms with Gasteiger partial charge >= 0.3 is 5.91 Å². The summed E-state index contributed by atoms with van der Waals surface area (Å²) in [6, 6.07) is 11.7. The molecule has 0 radical (unpaired) electrons. The highest BCUT2D eigenvalue weighted by Crippen LogP contribution is 2.31. The minimum Gasteiger partial charge on any atom is -0.292 e. The van der Waals surface area contributed by atoms with Crippen LogP contribution in [0.5, 0.6) is 0 Å². The maximum absolute atomic E-state index is 13.7. The molecule has 0 N–H and O–H groups in total. The molecule has 3 aromatic rings. The molecule has 1 aromatic carbocycles. The highest BCUT2D eigenvalue weighted by atomic mass is 16.2. The molecule has 2 unspecified atom stereocenters. The van der Waals surface area contributed by atoms with Gasteiger partial charge in [-0.05, 0) is 30.5 Å². The number of quaternary nitrogens is 1. The molecule has 3 heterocycles. The van der Waals surface area contributed by atoms with E-state index in [0.29, 0.717) is 17.9 Å². The Hall–Kier alpha value is -3.25. The van der Waals surface area contributed by atoms with E-state index in [9.17, 15) is 9.59 Å². The van der Waals surface area contributed by atoms with Gasteiger partial charge in [0.15, 0.2) is 5.78 Å². The lowest BCUT2D eigenvalue weighted by Crippen LogP contribution is -2.53. The van der Waals surface area contributed by atoms with Gasteiger partial charge in [-0.3, -0.25) is 9.78 Å². The van der Waals surface area contributed by atoms with Gasteiger partial charge in [-0.15, -0.1) is 0 Å². The summed E-state index contributed by atoms with van der Waals surface area (Å²) in [4.78, 5) is 39.4. The minimum atomic E-state index is -0.359. The van der Waals surface area contributed by atoms with Gasteiger partial charge in [0.2, 0.25) is 5.82 Å². The molecule has 4 rings (SSSR count). The van der Waals surface area contributed by atoms with Crippen LogP contribution in [-0.4, -0.2) is 40.2 Å². The molecule has 6 heteroatoms. The summed E-state index contributed by atoms with van der Waals surface area (Å²) in [5, 5.41) is 0. The van der Waals surface area contributed by atoms with Crippen molar-refractivity contribution in [2.75, 3.05) is 13.6 Å². The number of carbonyl (C=O) groups excluding carboxylic acids is 2. The Bertz CT molecular complexity index is 1100. The van der Waals surface area contributed by atoms with Crippen LogP contribution < -0.4 is 4.48 Å². The number of rotatable bonds is 3. The molecule has 1 aliphatic heterocycles. The lowest BCUT2D eigenvalue weighted by molar-refractivity contribution is 0.0775. The molecule has 29 heavy (non-hydrogen) atoms. The van der Waals surface area contributed by atoms with Crippen LogP contribution in [0.3, 0.4) is 0 Å². The second-order valence-electron chi connectivity index (χ2n) is 7.69. The first kappa shape index (κ1) is 19.1. The van der Waals surface area contributed by atoms with Crippen LogP contribution in [0.2, 0.25) is 0 Å². The molecule has 0 fully saturated rings. The van der Waals surface area contributed by atoms with Gasteiger partial charge in [0, 0.05) is 24.0 Å². The number of hydrogen-bond donors (Lipinski definition) is 0. The van der Waals surface area contributed by atoms with E-state index in [4.69, 9.17) is 0 Å². The van der Waals surface area contributed by atoms with Gasteiger partial charge < -0.3 is 0 Å². The van der Waals surface area contributed by atoms with E-state index in [1.165, 1.54) is 11.9 Å². The van der Waals surface area contributed by atoms with Crippen molar-refractivity contribution < 1.29 is 9.59 Å². The van der Waals surface area contributed by atoms with Gasteiger partial charge in [0.1, 0.15) is 24.1 Å². The number of Topliss-reactive ketones (excluding diaryl/α,β-unsaturated/α-hetero) is 1. The van der Waals surface area contributed by atoms with Gasteiger partial charge in [-0.25, -0.2) is 14.3 Å². The second kappa shape index (κ2) is 7.29. The lowest BCUT2D eigenvalue weighted by atomic mass is 9.98. The maximum Gasteiger partial charge on any atom is 0.354 e. The highest BCUT2D eigenvalue weighted by molar-refractivity contribution is 6.13. The largest absolute Gasteiger partial charge is 0.354 e. The zero-order chi connectivity index (χ0) is 20.6. The summed E-state index contributed by atoms with van der Waals surface area (Å²) < 4.78 is -0.0947. The molecule has 0 saturated heterocycles. The number of nitrogens with zero attached hydrogens (tertiary/aromatic N) is 4.